The van der Waals surface area contributed by atoms with Crippen LogP contribution in [0.1, 0.15) is 36.2 Å². The van der Waals surface area contributed by atoms with Gasteiger partial charge in [0.25, 0.3) is 5.91 Å². The largest absolute Gasteiger partial charge is 0.393 e. The fourth-order valence-corrected chi connectivity index (χ4v) is 3.10. The van der Waals surface area contributed by atoms with Crippen molar-refractivity contribution in [1.29, 1.82) is 0 Å². The van der Waals surface area contributed by atoms with E-state index in [1.807, 2.05) is 30.3 Å². The Hall–Kier alpha value is -2.21. The Bertz CT molecular complexity index is 656. The standard InChI is InChI=1S/C17H22N4O2/c1-20(11-13-7-5-6-10-16(13)22)17(23)15-12-21(19-18-15)14-8-3-2-4-9-14/h2-4,8-9,12-13,16,22H,5-7,10-11H2,1H3. The smallest absolute Gasteiger partial charge is 0.275 e. The van der Waals surface area contributed by atoms with E-state index in [0.717, 1.165) is 31.4 Å². The second kappa shape index (κ2) is 6.91. The van der Waals surface area contributed by atoms with Crippen LogP contribution in [0.25, 0.3) is 5.69 Å². The lowest BCUT2D eigenvalue weighted by molar-refractivity contribution is 0.0448. The van der Waals surface area contributed by atoms with Crippen LogP contribution in [0.15, 0.2) is 36.5 Å². The third-order valence-corrected chi connectivity index (χ3v) is 4.46. The van der Waals surface area contributed by atoms with E-state index in [1.54, 1.807) is 22.8 Å². The minimum atomic E-state index is -0.306. The molecule has 1 saturated carbocycles. The molecule has 0 saturated heterocycles. The molecule has 1 N–H and O–H groups in total. The summed E-state index contributed by atoms with van der Waals surface area (Å²) in [6.45, 7) is 0.554. The Kier molecular flexibility index (Phi) is 4.71. The summed E-state index contributed by atoms with van der Waals surface area (Å²) >= 11 is 0. The molecule has 1 aliphatic rings. The van der Waals surface area contributed by atoms with Crippen molar-refractivity contribution in [2.75, 3.05) is 13.6 Å². The molecule has 2 atom stereocenters. The van der Waals surface area contributed by atoms with Crippen molar-refractivity contribution in [3.63, 3.8) is 0 Å². The fourth-order valence-electron chi connectivity index (χ4n) is 3.10. The van der Waals surface area contributed by atoms with Gasteiger partial charge in [0.15, 0.2) is 5.69 Å². The average molecular weight is 314 g/mol. The molecule has 6 heteroatoms. The van der Waals surface area contributed by atoms with Crippen molar-refractivity contribution in [3.8, 4) is 5.69 Å². The maximum absolute atomic E-state index is 12.5. The number of carbonyl (C=O) groups is 1. The zero-order valence-electron chi connectivity index (χ0n) is 13.3. The highest BCUT2D eigenvalue weighted by molar-refractivity contribution is 5.91. The average Bonchev–Trinajstić information content (AvgIpc) is 3.07. The summed E-state index contributed by atoms with van der Waals surface area (Å²) < 4.78 is 1.59. The molecule has 6 nitrogen and oxygen atoms in total. The van der Waals surface area contributed by atoms with Gasteiger partial charge in [-0.1, -0.05) is 36.3 Å². The van der Waals surface area contributed by atoms with E-state index in [-0.39, 0.29) is 17.9 Å². The Labute approximate surface area is 135 Å². The van der Waals surface area contributed by atoms with Crippen molar-refractivity contribution in [3.05, 3.63) is 42.2 Å². The van der Waals surface area contributed by atoms with Crippen molar-refractivity contribution in [2.24, 2.45) is 5.92 Å². The molecule has 0 bridgehead atoms. The van der Waals surface area contributed by atoms with Gasteiger partial charge >= 0.3 is 0 Å². The SMILES string of the molecule is CN(CC1CCCCC1O)C(=O)c1cn(-c2ccccc2)nn1. The first-order valence-corrected chi connectivity index (χ1v) is 8.06. The number of carbonyl (C=O) groups excluding carboxylic acids is 1. The summed E-state index contributed by atoms with van der Waals surface area (Å²) in [6.07, 6.45) is 5.32. The Balaban J connectivity index is 1.67. The summed E-state index contributed by atoms with van der Waals surface area (Å²) in [6, 6.07) is 9.57. The molecule has 23 heavy (non-hydrogen) atoms. The predicted octanol–water partition coefficient (Wildman–Crippen LogP) is 1.89. The monoisotopic (exact) mass is 314 g/mol. The van der Waals surface area contributed by atoms with Crippen LogP contribution in [0.5, 0.6) is 0 Å². The van der Waals surface area contributed by atoms with Crippen LogP contribution in [0.3, 0.4) is 0 Å². The number of nitrogens with zero attached hydrogens (tertiary/aromatic N) is 4. The Morgan fingerprint density at radius 3 is 2.78 bits per heavy atom. The van der Waals surface area contributed by atoms with Crippen LogP contribution in [0, 0.1) is 5.92 Å². The number of aliphatic hydroxyl groups is 1. The highest BCUT2D eigenvalue weighted by atomic mass is 16.3. The van der Waals surface area contributed by atoms with Crippen LogP contribution in [0.4, 0.5) is 0 Å². The van der Waals surface area contributed by atoms with Gasteiger partial charge in [-0.25, -0.2) is 4.68 Å². The lowest BCUT2D eigenvalue weighted by Gasteiger charge is -2.30. The molecule has 0 radical (unpaired) electrons. The van der Waals surface area contributed by atoms with Gasteiger partial charge in [-0.05, 0) is 25.0 Å². The number of para-hydroxylation sites is 1. The molecule has 1 aromatic carbocycles. The molecule has 3 rings (SSSR count). The summed E-state index contributed by atoms with van der Waals surface area (Å²) in [7, 11) is 1.76. The van der Waals surface area contributed by atoms with Gasteiger partial charge in [-0.3, -0.25) is 4.79 Å². The predicted molar refractivity (Wildman–Crippen MR) is 86.3 cm³/mol. The highest BCUT2D eigenvalue weighted by Gasteiger charge is 2.26. The van der Waals surface area contributed by atoms with E-state index in [1.165, 1.54) is 0 Å². The first-order chi connectivity index (χ1) is 11.1. The molecule has 1 aromatic heterocycles. The number of hydrogen-bond donors (Lipinski definition) is 1. The number of aliphatic hydroxyl groups excluding tert-OH is 1. The summed E-state index contributed by atoms with van der Waals surface area (Å²) in [4.78, 5) is 14.1. The summed E-state index contributed by atoms with van der Waals surface area (Å²) in [5.74, 6) is -0.00757. The number of rotatable bonds is 4. The van der Waals surface area contributed by atoms with E-state index in [0.29, 0.717) is 12.2 Å². The van der Waals surface area contributed by atoms with Crippen LogP contribution in [-0.2, 0) is 0 Å². The Morgan fingerprint density at radius 2 is 2.04 bits per heavy atom. The highest BCUT2D eigenvalue weighted by Crippen LogP contribution is 2.25. The van der Waals surface area contributed by atoms with E-state index in [4.69, 9.17) is 0 Å². The zero-order chi connectivity index (χ0) is 16.2. The first kappa shape index (κ1) is 15.7. The zero-order valence-corrected chi connectivity index (χ0v) is 13.3. The molecule has 1 fully saturated rings. The molecule has 1 aliphatic carbocycles. The second-order valence-electron chi connectivity index (χ2n) is 6.18. The molecule has 0 aliphatic heterocycles. The van der Waals surface area contributed by atoms with Crippen molar-refractivity contribution < 1.29 is 9.90 Å². The Morgan fingerprint density at radius 1 is 1.30 bits per heavy atom. The van der Waals surface area contributed by atoms with E-state index >= 15 is 0 Å². The lowest BCUT2D eigenvalue weighted by atomic mass is 9.86. The summed E-state index contributed by atoms with van der Waals surface area (Å²) in [5.41, 5.74) is 1.19. The second-order valence-corrected chi connectivity index (χ2v) is 6.18. The van der Waals surface area contributed by atoms with Crippen LogP contribution >= 0.6 is 0 Å². The normalized spacial score (nSPS) is 21.1. The molecule has 2 aromatic rings. The van der Waals surface area contributed by atoms with Gasteiger partial charge in [0.1, 0.15) is 0 Å². The number of hydrogen-bond acceptors (Lipinski definition) is 4. The van der Waals surface area contributed by atoms with Gasteiger partial charge in [-0.15, -0.1) is 5.10 Å². The molecule has 2 unspecified atom stereocenters. The molecule has 122 valence electrons. The topological polar surface area (TPSA) is 71.2 Å². The van der Waals surface area contributed by atoms with E-state index in [9.17, 15) is 9.90 Å². The summed E-state index contributed by atoms with van der Waals surface area (Å²) in [5, 5.41) is 18.1. The molecule has 1 heterocycles. The van der Waals surface area contributed by atoms with Crippen molar-refractivity contribution >= 4 is 5.91 Å². The fraction of sp³-hybridized carbons (Fsp3) is 0.471. The van der Waals surface area contributed by atoms with Gasteiger partial charge in [-0.2, -0.15) is 0 Å². The number of aromatic nitrogens is 3. The maximum atomic E-state index is 12.5. The van der Waals surface area contributed by atoms with Crippen LogP contribution in [-0.4, -0.2) is 50.6 Å². The van der Waals surface area contributed by atoms with Gasteiger partial charge in [0.2, 0.25) is 0 Å². The minimum absolute atomic E-state index is 0.155. The van der Waals surface area contributed by atoms with Crippen LogP contribution in [0.2, 0.25) is 0 Å². The lowest BCUT2D eigenvalue weighted by Crippen LogP contribution is -2.38. The van der Waals surface area contributed by atoms with Gasteiger partial charge in [0, 0.05) is 19.5 Å². The van der Waals surface area contributed by atoms with Crippen molar-refractivity contribution in [1.82, 2.24) is 19.9 Å². The molecular weight excluding hydrogens is 292 g/mol. The van der Waals surface area contributed by atoms with E-state index in [2.05, 4.69) is 10.3 Å². The van der Waals surface area contributed by atoms with Crippen LogP contribution < -0.4 is 0 Å². The minimum Gasteiger partial charge on any atom is -0.393 e. The number of benzene rings is 1. The number of amides is 1. The third kappa shape index (κ3) is 3.59. The van der Waals surface area contributed by atoms with Gasteiger partial charge < -0.3 is 10.0 Å². The molecular formula is C17H22N4O2. The molecule has 0 spiro atoms. The van der Waals surface area contributed by atoms with Gasteiger partial charge in [0.05, 0.1) is 18.0 Å². The first-order valence-electron chi connectivity index (χ1n) is 8.06. The third-order valence-electron chi connectivity index (χ3n) is 4.46. The van der Waals surface area contributed by atoms with Crippen molar-refractivity contribution in [2.45, 2.75) is 31.8 Å². The quantitative estimate of drug-likeness (QED) is 0.935. The molecule has 1 amide bonds. The maximum Gasteiger partial charge on any atom is 0.275 e. The van der Waals surface area contributed by atoms with E-state index < -0.39 is 0 Å².